The van der Waals surface area contributed by atoms with Gasteiger partial charge in [0.05, 0.1) is 22.3 Å². The van der Waals surface area contributed by atoms with Crippen LogP contribution in [0.4, 0.5) is 5.13 Å². The highest BCUT2D eigenvalue weighted by molar-refractivity contribution is 7.93. The van der Waals surface area contributed by atoms with Gasteiger partial charge >= 0.3 is 0 Å². The predicted octanol–water partition coefficient (Wildman–Crippen LogP) is 6.25. The van der Waals surface area contributed by atoms with Gasteiger partial charge in [-0.15, -0.1) is 0 Å². The van der Waals surface area contributed by atoms with E-state index in [1.807, 2.05) is 54.6 Å². The Morgan fingerprint density at radius 3 is 2.49 bits per heavy atom. The van der Waals surface area contributed by atoms with Crippen molar-refractivity contribution in [3.05, 3.63) is 96.7 Å². The lowest BCUT2D eigenvalue weighted by atomic mass is 10.0. The van der Waals surface area contributed by atoms with Crippen LogP contribution in [-0.2, 0) is 10.0 Å². The fraction of sp³-hybridized carbons (Fsp3) is 0.107. The molecule has 5 aromatic rings. The second kappa shape index (κ2) is 11.0. The van der Waals surface area contributed by atoms with Crippen LogP contribution in [-0.4, -0.2) is 27.7 Å². The van der Waals surface area contributed by atoms with Gasteiger partial charge in [0.25, 0.3) is 10.0 Å². The third kappa shape index (κ3) is 5.77. The summed E-state index contributed by atoms with van der Waals surface area (Å²) in [6.45, 7) is 4.14. The number of pyridine rings is 2. The van der Waals surface area contributed by atoms with Crippen LogP contribution in [0.25, 0.3) is 22.4 Å². The number of benzene rings is 2. The maximum absolute atomic E-state index is 12.8. The SMILES string of the molecule is CC(C)c1cc(-c2cc(-c3ccccc3)ncc2Oc2ccc(S(=O)(=O)Nc3ncns3)cc2C#N)ccn1. The minimum atomic E-state index is -3.97. The van der Waals surface area contributed by atoms with Crippen molar-refractivity contribution in [2.75, 3.05) is 4.72 Å². The molecule has 5 rings (SSSR count). The van der Waals surface area contributed by atoms with Gasteiger partial charge in [-0.2, -0.15) is 9.64 Å². The first-order valence-electron chi connectivity index (χ1n) is 11.9. The summed E-state index contributed by atoms with van der Waals surface area (Å²) in [5.74, 6) is 0.828. The van der Waals surface area contributed by atoms with Gasteiger partial charge < -0.3 is 4.74 Å². The number of ether oxygens (including phenoxy) is 1. The Kier molecular flexibility index (Phi) is 7.31. The monoisotopic (exact) mass is 554 g/mol. The molecule has 1 N–H and O–H groups in total. The molecule has 0 amide bonds. The lowest BCUT2D eigenvalue weighted by Gasteiger charge is -2.15. The number of rotatable bonds is 8. The molecule has 0 aliphatic rings. The van der Waals surface area contributed by atoms with Crippen molar-refractivity contribution in [1.29, 1.82) is 5.26 Å². The smallest absolute Gasteiger partial charge is 0.263 e. The molecule has 11 heteroatoms. The molecule has 0 saturated carbocycles. The number of nitriles is 1. The summed E-state index contributed by atoms with van der Waals surface area (Å²) in [6.07, 6.45) is 4.61. The number of hydrogen-bond acceptors (Lipinski definition) is 9. The summed E-state index contributed by atoms with van der Waals surface area (Å²) in [5.41, 5.74) is 4.30. The average molecular weight is 555 g/mol. The Morgan fingerprint density at radius 2 is 1.77 bits per heavy atom. The molecule has 3 heterocycles. The topological polar surface area (TPSA) is 131 Å². The van der Waals surface area contributed by atoms with Crippen molar-refractivity contribution in [3.63, 3.8) is 0 Å². The fourth-order valence-corrected chi connectivity index (χ4v) is 5.50. The van der Waals surface area contributed by atoms with Crippen LogP contribution >= 0.6 is 11.5 Å². The van der Waals surface area contributed by atoms with Gasteiger partial charge in [-0.25, -0.2) is 13.4 Å². The molecule has 194 valence electrons. The van der Waals surface area contributed by atoms with E-state index in [4.69, 9.17) is 4.74 Å². The zero-order valence-electron chi connectivity index (χ0n) is 20.9. The van der Waals surface area contributed by atoms with Gasteiger partial charge in [-0.1, -0.05) is 44.2 Å². The number of nitrogens with one attached hydrogen (secondary N) is 1. The van der Waals surface area contributed by atoms with E-state index in [1.165, 1.54) is 24.5 Å². The van der Waals surface area contributed by atoms with Gasteiger partial charge in [0.2, 0.25) is 5.13 Å². The highest BCUT2D eigenvalue weighted by Crippen LogP contribution is 2.37. The second-order valence-electron chi connectivity index (χ2n) is 8.78. The summed E-state index contributed by atoms with van der Waals surface area (Å²) in [7, 11) is -3.97. The Labute approximate surface area is 230 Å². The van der Waals surface area contributed by atoms with Gasteiger partial charge in [0.1, 0.15) is 18.1 Å². The Bertz CT molecular complexity index is 1770. The quantitative estimate of drug-likeness (QED) is 0.238. The van der Waals surface area contributed by atoms with E-state index in [0.717, 1.165) is 39.6 Å². The predicted molar refractivity (Wildman–Crippen MR) is 149 cm³/mol. The van der Waals surface area contributed by atoms with Crippen LogP contribution in [0.1, 0.15) is 31.0 Å². The van der Waals surface area contributed by atoms with Crippen LogP contribution in [0, 0.1) is 11.3 Å². The van der Waals surface area contributed by atoms with E-state index in [0.29, 0.717) is 5.75 Å². The molecule has 3 aromatic heterocycles. The number of nitrogens with zero attached hydrogens (tertiary/aromatic N) is 5. The average Bonchev–Trinajstić information content (AvgIpc) is 3.46. The molecular weight excluding hydrogens is 532 g/mol. The van der Waals surface area contributed by atoms with Crippen LogP contribution < -0.4 is 9.46 Å². The van der Waals surface area contributed by atoms with Crippen LogP contribution in [0.5, 0.6) is 11.5 Å². The van der Waals surface area contributed by atoms with Gasteiger partial charge in [-0.3, -0.25) is 14.7 Å². The fourth-order valence-electron chi connectivity index (χ4n) is 3.81. The third-order valence-electron chi connectivity index (χ3n) is 5.81. The van der Waals surface area contributed by atoms with E-state index in [1.54, 1.807) is 12.4 Å². The normalized spacial score (nSPS) is 11.2. The molecule has 0 saturated heterocycles. The summed E-state index contributed by atoms with van der Waals surface area (Å²) in [6, 6.07) is 21.7. The van der Waals surface area contributed by atoms with Crippen molar-refractivity contribution >= 4 is 26.7 Å². The number of sulfonamides is 1. The van der Waals surface area contributed by atoms with Crippen LogP contribution in [0.3, 0.4) is 0 Å². The highest BCUT2D eigenvalue weighted by Gasteiger charge is 2.20. The van der Waals surface area contributed by atoms with E-state index in [2.05, 4.69) is 37.9 Å². The van der Waals surface area contributed by atoms with Gasteiger partial charge in [-0.05, 0) is 47.9 Å². The maximum Gasteiger partial charge on any atom is 0.263 e. The molecule has 0 bridgehead atoms. The van der Waals surface area contributed by atoms with Crippen molar-refractivity contribution in [3.8, 4) is 40.0 Å². The standard InChI is InChI=1S/C28H22N6O3S2/c1-18(2)24-13-20(10-11-30-24)23-14-25(19-6-4-3-5-7-19)31-16-27(23)37-26-9-8-22(12-21(26)15-29)39(35,36)34-28-32-17-33-38-28/h3-14,16-18H,1-2H3,(H,32,33,34). The molecule has 39 heavy (non-hydrogen) atoms. The molecule has 0 spiro atoms. The molecule has 0 atom stereocenters. The largest absolute Gasteiger partial charge is 0.454 e. The van der Waals surface area contributed by atoms with E-state index < -0.39 is 10.0 Å². The molecule has 0 aliphatic heterocycles. The minimum absolute atomic E-state index is 0.0471. The molecular formula is C28H22N6O3S2. The van der Waals surface area contributed by atoms with Gasteiger partial charge in [0.15, 0.2) is 5.75 Å². The lowest BCUT2D eigenvalue weighted by molar-refractivity contribution is 0.480. The van der Waals surface area contributed by atoms with E-state index in [9.17, 15) is 13.7 Å². The van der Waals surface area contributed by atoms with Crippen molar-refractivity contribution < 1.29 is 13.2 Å². The number of anilines is 1. The number of aromatic nitrogens is 4. The highest BCUT2D eigenvalue weighted by atomic mass is 32.2. The van der Waals surface area contributed by atoms with Crippen LogP contribution in [0.2, 0.25) is 0 Å². The van der Waals surface area contributed by atoms with Crippen LogP contribution in [0.15, 0.2) is 90.3 Å². The third-order valence-corrected chi connectivity index (χ3v) is 7.85. The molecule has 9 nitrogen and oxygen atoms in total. The first-order valence-corrected chi connectivity index (χ1v) is 14.1. The van der Waals surface area contributed by atoms with E-state index in [-0.39, 0.29) is 27.3 Å². The minimum Gasteiger partial charge on any atom is -0.454 e. The molecule has 0 fully saturated rings. The first-order chi connectivity index (χ1) is 18.8. The summed E-state index contributed by atoms with van der Waals surface area (Å²) in [4.78, 5) is 12.8. The molecule has 2 aromatic carbocycles. The van der Waals surface area contributed by atoms with Crippen molar-refractivity contribution in [2.45, 2.75) is 24.7 Å². The molecule has 0 unspecified atom stereocenters. The van der Waals surface area contributed by atoms with Crippen molar-refractivity contribution in [1.82, 2.24) is 19.3 Å². The zero-order chi connectivity index (χ0) is 27.4. The van der Waals surface area contributed by atoms with E-state index >= 15 is 0 Å². The summed E-state index contributed by atoms with van der Waals surface area (Å²) < 4.78 is 37.9. The summed E-state index contributed by atoms with van der Waals surface area (Å²) in [5, 5.41) is 9.96. The van der Waals surface area contributed by atoms with Crippen molar-refractivity contribution in [2.24, 2.45) is 0 Å². The molecule has 0 radical (unpaired) electrons. The Morgan fingerprint density at radius 1 is 0.949 bits per heavy atom. The van der Waals surface area contributed by atoms with Gasteiger partial charge in [0, 0.05) is 34.6 Å². The zero-order valence-corrected chi connectivity index (χ0v) is 22.6. The maximum atomic E-state index is 12.8. The second-order valence-corrected chi connectivity index (χ2v) is 11.2. The molecule has 0 aliphatic carbocycles. The number of hydrogen-bond donors (Lipinski definition) is 1. The lowest BCUT2D eigenvalue weighted by Crippen LogP contribution is -2.13. The summed E-state index contributed by atoms with van der Waals surface area (Å²) >= 11 is 0.908. The Balaban J connectivity index is 1.55. The first kappa shape index (κ1) is 26.0. The Hall–Kier alpha value is -4.66.